The van der Waals surface area contributed by atoms with Gasteiger partial charge in [-0.1, -0.05) is 60.7 Å². The van der Waals surface area contributed by atoms with Gasteiger partial charge in [-0.2, -0.15) is 0 Å². The molecule has 0 aromatic heterocycles. The lowest BCUT2D eigenvalue weighted by atomic mass is 9.91. The maximum Gasteiger partial charge on any atom is 0.0656 e. The molecule has 2 heterocycles. The highest BCUT2D eigenvalue weighted by atomic mass is 16.5. The average molecular weight is 277 g/mol. The van der Waals surface area contributed by atoms with Gasteiger partial charge in [0.1, 0.15) is 0 Å². The number of fused-ring (bicyclic) bond motifs is 2. The second kappa shape index (κ2) is 5.47. The topological polar surface area (TPSA) is 21.3 Å². The highest BCUT2D eigenvalue weighted by Gasteiger charge is 2.26. The molecule has 2 nitrogen and oxygen atoms in total. The molecule has 2 heteroatoms. The molecule has 1 saturated heterocycles. The third-order valence-corrected chi connectivity index (χ3v) is 4.30. The lowest BCUT2D eigenvalue weighted by Crippen LogP contribution is -2.50. The van der Waals surface area contributed by atoms with E-state index in [1.165, 1.54) is 22.3 Å². The van der Waals surface area contributed by atoms with Crippen molar-refractivity contribution in [3.05, 3.63) is 66.2 Å². The molecule has 2 aromatic rings. The van der Waals surface area contributed by atoms with Crippen LogP contribution in [0, 0.1) is 0 Å². The fourth-order valence-electron chi connectivity index (χ4n) is 3.25. The maximum absolute atomic E-state index is 5.59. The highest BCUT2D eigenvalue weighted by molar-refractivity contribution is 5.71. The quantitative estimate of drug-likeness (QED) is 0.907. The lowest BCUT2D eigenvalue weighted by Gasteiger charge is -2.35. The van der Waals surface area contributed by atoms with E-state index < -0.39 is 0 Å². The van der Waals surface area contributed by atoms with Gasteiger partial charge in [-0.15, -0.1) is 0 Å². The zero-order valence-electron chi connectivity index (χ0n) is 12.0. The van der Waals surface area contributed by atoms with Gasteiger partial charge in [-0.05, 0) is 28.7 Å². The first-order chi connectivity index (χ1) is 10.4. The number of morpholine rings is 1. The normalized spacial score (nSPS) is 24.5. The number of benzene rings is 2. The van der Waals surface area contributed by atoms with Crippen molar-refractivity contribution in [3.63, 3.8) is 0 Å². The minimum atomic E-state index is 0.376. The van der Waals surface area contributed by atoms with Crippen molar-refractivity contribution in [2.24, 2.45) is 0 Å². The predicted molar refractivity (Wildman–Crippen MR) is 86.0 cm³/mol. The van der Waals surface area contributed by atoms with E-state index in [4.69, 9.17) is 4.74 Å². The van der Waals surface area contributed by atoms with Crippen LogP contribution in [0.2, 0.25) is 0 Å². The van der Waals surface area contributed by atoms with E-state index in [1.54, 1.807) is 0 Å². The Morgan fingerprint density at radius 3 is 2.29 bits per heavy atom. The highest BCUT2D eigenvalue weighted by Crippen LogP contribution is 2.28. The Bertz CT molecular complexity index is 645. The molecule has 2 aromatic carbocycles. The van der Waals surface area contributed by atoms with Crippen LogP contribution in [0.3, 0.4) is 0 Å². The summed E-state index contributed by atoms with van der Waals surface area (Å²) < 4.78 is 5.59. The molecule has 1 fully saturated rings. The first-order valence-electron chi connectivity index (χ1n) is 7.59. The molecule has 2 unspecified atom stereocenters. The van der Waals surface area contributed by atoms with Crippen molar-refractivity contribution in [2.75, 3.05) is 13.2 Å². The molecule has 1 N–H and O–H groups in total. The molecule has 106 valence electrons. The van der Waals surface area contributed by atoms with Gasteiger partial charge in [0.25, 0.3) is 0 Å². The SMILES string of the molecule is C1=C(c2ccc(-c3ccccc3)cc2)CC2COCC1N2. The third-order valence-electron chi connectivity index (χ3n) is 4.30. The van der Waals surface area contributed by atoms with Gasteiger partial charge in [-0.3, -0.25) is 0 Å². The zero-order chi connectivity index (χ0) is 14.1. The predicted octanol–water partition coefficient (Wildman–Crippen LogP) is 3.50. The van der Waals surface area contributed by atoms with Crippen LogP contribution < -0.4 is 5.32 Å². The van der Waals surface area contributed by atoms with E-state index in [0.717, 1.165) is 19.6 Å². The molecule has 2 atom stereocenters. The molecule has 0 radical (unpaired) electrons. The standard InChI is InChI=1S/C19H19NO/c1-2-4-14(5-3-1)15-6-8-16(9-7-15)17-10-18-12-21-13-19(11-17)20-18/h1-10,18-20H,11-13H2. The van der Waals surface area contributed by atoms with Crippen molar-refractivity contribution in [1.29, 1.82) is 0 Å². The number of rotatable bonds is 2. The maximum atomic E-state index is 5.59. The summed E-state index contributed by atoms with van der Waals surface area (Å²) in [6, 6.07) is 20.3. The van der Waals surface area contributed by atoms with Crippen LogP contribution >= 0.6 is 0 Å². The Morgan fingerprint density at radius 2 is 1.52 bits per heavy atom. The Morgan fingerprint density at radius 1 is 0.810 bits per heavy atom. The second-order valence-electron chi connectivity index (χ2n) is 5.85. The van der Waals surface area contributed by atoms with E-state index in [0.29, 0.717) is 12.1 Å². The summed E-state index contributed by atoms with van der Waals surface area (Å²) in [5.41, 5.74) is 5.34. The minimum Gasteiger partial charge on any atom is -0.378 e. The zero-order valence-corrected chi connectivity index (χ0v) is 12.0. The number of hydrogen-bond donors (Lipinski definition) is 1. The molecule has 2 aliphatic heterocycles. The number of hydrogen-bond acceptors (Lipinski definition) is 2. The number of ether oxygens (including phenoxy) is 1. The Kier molecular flexibility index (Phi) is 3.34. The van der Waals surface area contributed by atoms with Crippen LogP contribution in [-0.4, -0.2) is 25.3 Å². The first kappa shape index (κ1) is 12.8. The van der Waals surface area contributed by atoms with Gasteiger partial charge >= 0.3 is 0 Å². The number of nitrogens with one attached hydrogen (secondary N) is 1. The molecule has 4 rings (SSSR count). The van der Waals surface area contributed by atoms with E-state index in [-0.39, 0.29) is 0 Å². The lowest BCUT2D eigenvalue weighted by molar-refractivity contribution is 0.0561. The summed E-state index contributed by atoms with van der Waals surface area (Å²) in [5.74, 6) is 0. The molecule has 2 aliphatic rings. The minimum absolute atomic E-state index is 0.376. The van der Waals surface area contributed by atoms with Crippen molar-refractivity contribution in [2.45, 2.75) is 18.5 Å². The van der Waals surface area contributed by atoms with Crippen LogP contribution in [0.5, 0.6) is 0 Å². The molecule has 0 saturated carbocycles. The third kappa shape index (κ3) is 2.65. The van der Waals surface area contributed by atoms with Crippen LogP contribution in [0.1, 0.15) is 12.0 Å². The van der Waals surface area contributed by atoms with Gasteiger partial charge in [0, 0.05) is 12.1 Å². The van der Waals surface area contributed by atoms with Crippen molar-refractivity contribution in [1.82, 2.24) is 5.32 Å². The molecule has 0 amide bonds. The summed E-state index contributed by atoms with van der Waals surface area (Å²) in [6.45, 7) is 1.62. The van der Waals surface area contributed by atoms with Crippen LogP contribution in [0.25, 0.3) is 16.7 Å². The second-order valence-corrected chi connectivity index (χ2v) is 5.85. The Labute approximate surface area is 125 Å². The van der Waals surface area contributed by atoms with E-state index >= 15 is 0 Å². The van der Waals surface area contributed by atoms with Crippen LogP contribution in [-0.2, 0) is 4.74 Å². The fraction of sp³-hybridized carbons (Fsp3) is 0.263. The average Bonchev–Trinajstić information content (AvgIpc) is 2.55. The van der Waals surface area contributed by atoms with Gasteiger partial charge in [0.15, 0.2) is 0 Å². The Balaban J connectivity index is 1.61. The van der Waals surface area contributed by atoms with Gasteiger partial charge in [0.2, 0.25) is 0 Å². The van der Waals surface area contributed by atoms with Gasteiger partial charge in [0.05, 0.1) is 13.2 Å². The van der Waals surface area contributed by atoms with Crippen molar-refractivity contribution < 1.29 is 4.74 Å². The molecule has 21 heavy (non-hydrogen) atoms. The van der Waals surface area contributed by atoms with E-state index in [1.807, 2.05) is 0 Å². The van der Waals surface area contributed by atoms with E-state index in [9.17, 15) is 0 Å². The molecule has 0 aliphatic carbocycles. The summed E-state index contributed by atoms with van der Waals surface area (Å²) in [4.78, 5) is 0. The molecule has 2 bridgehead atoms. The molecular weight excluding hydrogens is 258 g/mol. The summed E-state index contributed by atoms with van der Waals surface area (Å²) in [5, 5.41) is 3.59. The summed E-state index contributed by atoms with van der Waals surface area (Å²) in [7, 11) is 0. The molecule has 0 spiro atoms. The van der Waals surface area contributed by atoms with Crippen molar-refractivity contribution in [3.8, 4) is 11.1 Å². The van der Waals surface area contributed by atoms with Crippen LogP contribution in [0.15, 0.2) is 60.7 Å². The largest absolute Gasteiger partial charge is 0.378 e. The van der Waals surface area contributed by atoms with Crippen LogP contribution in [0.4, 0.5) is 0 Å². The first-order valence-corrected chi connectivity index (χ1v) is 7.59. The monoisotopic (exact) mass is 277 g/mol. The van der Waals surface area contributed by atoms with Gasteiger partial charge in [-0.25, -0.2) is 0 Å². The molecular formula is C19H19NO. The summed E-state index contributed by atoms with van der Waals surface area (Å²) >= 11 is 0. The van der Waals surface area contributed by atoms with Gasteiger partial charge < -0.3 is 10.1 Å². The fourth-order valence-corrected chi connectivity index (χ4v) is 3.25. The van der Waals surface area contributed by atoms with Crippen molar-refractivity contribution >= 4 is 5.57 Å². The summed E-state index contributed by atoms with van der Waals surface area (Å²) in [6.07, 6.45) is 3.38. The van der Waals surface area contributed by atoms with E-state index in [2.05, 4.69) is 66.0 Å². The Hall–Kier alpha value is -1.90. The smallest absolute Gasteiger partial charge is 0.0656 e.